The van der Waals surface area contributed by atoms with Gasteiger partial charge in [0.25, 0.3) is 0 Å². The molecule has 1 unspecified atom stereocenters. The lowest BCUT2D eigenvalue weighted by atomic mass is 9.99. The van der Waals surface area contributed by atoms with Crippen LogP contribution in [-0.2, 0) is 9.84 Å². The van der Waals surface area contributed by atoms with E-state index < -0.39 is 15.1 Å². The van der Waals surface area contributed by atoms with E-state index in [2.05, 4.69) is 18.8 Å². The SMILES string of the molecule is CCCCCCCCC(c1cccc(OCCCC)c1C)S(=O)(=O)c1ccccn1. The number of pyridine rings is 1. The van der Waals surface area contributed by atoms with E-state index in [0.717, 1.165) is 49.0 Å². The fourth-order valence-electron chi connectivity index (χ4n) is 3.71. The highest BCUT2D eigenvalue weighted by Gasteiger charge is 2.31. The summed E-state index contributed by atoms with van der Waals surface area (Å²) in [7, 11) is -3.58. The molecule has 0 saturated carbocycles. The second-order valence-corrected chi connectivity index (χ2v) is 10.0. The summed E-state index contributed by atoms with van der Waals surface area (Å²) in [6, 6.07) is 10.9. The van der Waals surface area contributed by atoms with Gasteiger partial charge in [0.05, 0.1) is 11.9 Å². The largest absolute Gasteiger partial charge is 0.493 e. The molecule has 166 valence electrons. The molecule has 0 aliphatic rings. The van der Waals surface area contributed by atoms with Crippen molar-refractivity contribution in [2.45, 2.75) is 88.8 Å². The Labute approximate surface area is 183 Å². The summed E-state index contributed by atoms with van der Waals surface area (Å²) in [5, 5.41) is -0.453. The number of benzene rings is 1. The van der Waals surface area contributed by atoms with Gasteiger partial charge in [-0.25, -0.2) is 13.4 Å². The number of sulfone groups is 1. The quantitative estimate of drug-likeness (QED) is 0.307. The standard InChI is InChI=1S/C25H37NO3S/c1-4-6-8-9-10-11-17-24(30(27,28)25-18-12-13-19-26-25)22-15-14-16-23(21(22)3)29-20-7-5-2/h12-16,18-19,24H,4-11,17,20H2,1-3H3. The predicted molar refractivity (Wildman–Crippen MR) is 124 cm³/mol. The van der Waals surface area contributed by atoms with Gasteiger partial charge in [0.2, 0.25) is 9.84 Å². The van der Waals surface area contributed by atoms with Crippen LogP contribution in [0.1, 0.15) is 88.0 Å². The van der Waals surface area contributed by atoms with Gasteiger partial charge < -0.3 is 4.74 Å². The number of unbranched alkanes of at least 4 members (excludes halogenated alkanes) is 6. The van der Waals surface area contributed by atoms with Crippen LogP contribution in [0.2, 0.25) is 0 Å². The van der Waals surface area contributed by atoms with E-state index in [0.29, 0.717) is 13.0 Å². The molecule has 5 heteroatoms. The maximum atomic E-state index is 13.5. The lowest BCUT2D eigenvalue weighted by Crippen LogP contribution is -2.17. The van der Waals surface area contributed by atoms with Crippen LogP contribution in [0.4, 0.5) is 0 Å². The first-order valence-electron chi connectivity index (χ1n) is 11.4. The molecule has 30 heavy (non-hydrogen) atoms. The van der Waals surface area contributed by atoms with Crippen molar-refractivity contribution in [3.63, 3.8) is 0 Å². The minimum atomic E-state index is -3.58. The molecular weight excluding hydrogens is 394 g/mol. The Kier molecular flexibility index (Phi) is 10.4. The third kappa shape index (κ3) is 6.83. The number of rotatable bonds is 14. The number of aromatic nitrogens is 1. The molecule has 0 amide bonds. The smallest absolute Gasteiger partial charge is 0.202 e. The van der Waals surface area contributed by atoms with Gasteiger partial charge in [-0.15, -0.1) is 0 Å². The fourth-order valence-corrected chi connectivity index (χ4v) is 5.55. The Morgan fingerprint density at radius 3 is 2.33 bits per heavy atom. The Hall–Kier alpha value is -1.88. The highest BCUT2D eigenvalue weighted by Crippen LogP contribution is 2.37. The van der Waals surface area contributed by atoms with Crippen molar-refractivity contribution in [3.8, 4) is 5.75 Å². The fraction of sp³-hybridized carbons (Fsp3) is 0.560. The first-order valence-corrected chi connectivity index (χ1v) is 12.9. The Morgan fingerprint density at radius 1 is 0.900 bits per heavy atom. The second-order valence-electron chi connectivity index (χ2n) is 7.93. The van der Waals surface area contributed by atoms with Crippen LogP contribution < -0.4 is 4.74 Å². The molecule has 1 aromatic heterocycles. The van der Waals surface area contributed by atoms with E-state index in [-0.39, 0.29) is 5.03 Å². The molecule has 1 atom stereocenters. The minimum absolute atomic E-state index is 0.151. The molecule has 0 aliphatic carbocycles. The Morgan fingerprint density at radius 2 is 1.63 bits per heavy atom. The van der Waals surface area contributed by atoms with Gasteiger partial charge in [0, 0.05) is 6.20 Å². The van der Waals surface area contributed by atoms with Crippen LogP contribution in [0.15, 0.2) is 47.6 Å². The summed E-state index contributed by atoms with van der Waals surface area (Å²) in [6.45, 7) is 6.95. The van der Waals surface area contributed by atoms with Crippen LogP contribution in [0.25, 0.3) is 0 Å². The maximum Gasteiger partial charge on any atom is 0.202 e. The van der Waals surface area contributed by atoms with E-state index in [9.17, 15) is 8.42 Å². The summed E-state index contributed by atoms with van der Waals surface area (Å²) in [5.41, 5.74) is 1.76. The lowest BCUT2D eigenvalue weighted by molar-refractivity contribution is 0.307. The molecule has 2 aromatic rings. The Bertz CT molecular complexity index is 850. The minimum Gasteiger partial charge on any atom is -0.493 e. The van der Waals surface area contributed by atoms with Crippen molar-refractivity contribution in [3.05, 3.63) is 53.7 Å². The van der Waals surface area contributed by atoms with Crippen LogP contribution in [0.3, 0.4) is 0 Å². The summed E-state index contributed by atoms with van der Waals surface area (Å²) in [4.78, 5) is 4.16. The molecule has 0 N–H and O–H groups in total. The van der Waals surface area contributed by atoms with Crippen molar-refractivity contribution in [1.29, 1.82) is 0 Å². The monoisotopic (exact) mass is 431 g/mol. The summed E-state index contributed by atoms with van der Waals surface area (Å²) in [6.07, 6.45) is 11.0. The normalized spacial score (nSPS) is 12.6. The van der Waals surface area contributed by atoms with E-state index >= 15 is 0 Å². The van der Waals surface area contributed by atoms with E-state index in [1.807, 2.05) is 25.1 Å². The molecule has 2 rings (SSSR count). The van der Waals surface area contributed by atoms with E-state index in [1.165, 1.54) is 19.3 Å². The Balaban J connectivity index is 2.28. The molecule has 0 saturated heterocycles. The van der Waals surface area contributed by atoms with E-state index in [4.69, 9.17) is 4.74 Å². The van der Waals surface area contributed by atoms with Gasteiger partial charge in [-0.05, 0) is 49.1 Å². The first kappa shape index (κ1) is 24.4. The second kappa shape index (κ2) is 12.7. The topological polar surface area (TPSA) is 56.3 Å². The van der Waals surface area contributed by atoms with Crippen LogP contribution >= 0.6 is 0 Å². The predicted octanol–water partition coefficient (Wildman–Crippen LogP) is 6.83. The van der Waals surface area contributed by atoms with Gasteiger partial charge in [0.1, 0.15) is 5.75 Å². The van der Waals surface area contributed by atoms with Crippen molar-refractivity contribution in [2.75, 3.05) is 6.61 Å². The van der Waals surface area contributed by atoms with Gasteiger partial charge in [0.15, 0.2) is 5.03 Å². The molecule has 0 spiro atoms. The number of ether oxygens (including phenoxy) is 1. The van der Waals surface area contributed by atoms with Crippen molar-refractivity contribution >= 4 is 9.84 Å². The lowest BCUT2D eigenvalue weighted by Gasteiger charge is -2.21. The molecule has 0 bridgehead atoms. The summed E-state index contributed by atoms with van der Waals surface area (Å²) >= 11 is 0. The first-order chi connectivity index (χ1) is 14.5. The molecule has 0 aliphatic heterocycles. The molecule has 0 radical (unpaired) electrons. The number of nitrogens with zero attached hydrogens (tertiary/aromatic N) is 1. The zero-order chi connectivity index (χ0) is 21.8. The van der Waals surface area contributed by atoms with Gasteiger partial charge in [-0.3, -0.25) is 0 Å². The third-order valence-electron chi connectivity index (χ3n) is 5.55. The van der Waals surface area contributed by atoms with Crippen LogP contribution in [0, 0.1) is 6.92 Å². The molecule has 1 heterocycles. The van der Waals surface area contributed by atoms with E-state index in [1.54, 1.807) is 24.4 Å². The van der Waals surface area contributed by atoms with Gasteiger partial charge >= 0.3 is 0 Å². The molecule has 0 fully saturated rings. The zero-order valence-electron chi connectivity index (χ0n) is 18.8. The average molecular weight is 432 g/mol. The molecular formula is C25H37NO3S. The summed E-state index contributed by atoms with van der Waals surface area (Å²) in [5.74, 6) is 0.783. The third-order valence-corrected chi connectivity index (χ3v) is 7.62. The van der Waals surface area contributed by atoms with Crippen molar-refractivity contribution < 1.29 is 13.2 Å². The molecule has 4 nitrogen and oxygen atoms in total. The molecule has 1 aromatic carbocycles. The highest BCUT2D eigenvalue weighted by molar-refractivity contribution is 7.91. The van der Waals surface area contributed by atoms with Crippen molar-refractivity contribution in [2.24, 2.45) is 0 Å². The maximum absolute atomic E-state index is 13.5. The number of hydrogen-bond donors (Lipinski definition) is 0. The summed E-state index contributed by atoms with van der Waals surface area (Å²) < 4.78 is 33.0. The zero-order valence-corrected chi connectivity index (χ0v) is 19.6. The van der Waals surface area contributed by atoms with Gasteiger partial charge in [-0.1, -0.05) is 77.0 Å². The van der Waals surface area contributed by atoms with Crippen molar-refractivity contribution in [1.82, 2.24) is 4.98 Å². The van der Waals surface area contributed by atoms with Gasteiger partial charge in [-0.2, -0.15) is 0 Å². The van der Waals surface area contributed by atoms with Crippen LogP contribution in [0.5, 0.6) is 5.75 Å². The van der Waals surface area contributed by atoms with Crippen LogP contribution in [-0.4, -0.2) is 20.0 Å². The average Bonchev–Trinajstić information content (AvgIpc) is 2.75. The highest BCUT2D eigenvalue weighted by atomic mass is 32.2. The number of hydrogen-bond acceptors (Lipinski definition) is 4.